The van der Waals surface area contributed by atoms with Crippen LogP contribution < -0.4 is 10.6 Å². The SMILES string of the molecule is O=C(NCc1ccccc1)Nc1ncnc2c1ncn2C1OC(C(=O)N2CCCC2C(=O)O)C2OC(c3ccccc3)OC21. The van der Waals surface area contributed by atoms with E-state index >= 15 is 0 Å². The molecule has 2 aromatic heterocycles. The number of fused-ring (bicyclic) bond motifs is 2. The molecule has 3 amide bonds. The minimum Gasteiger partial charge on any atom is -0.480 e. The van der Waals surface area contributed by atoms with Gasteiger partial charge in [0.25, 0.3) is 5.91 Å². The fraction of sp³-hybridized carbons (Fsp3) is 0.333. The van der Waals surface area contributed by atoms with Gasteiger partial charge in [0.2, 0.25) is 0 Å². The maximum absolute atomic E-state index is 13.8. The molecule has 0 bridgehead atoms. The Morgan fingerprint density at radius 2 is 1.68 bits per heavy atom. The van der Waals surface area contributed by atoms with Crippen LogP contribution in [0.3, 0.4) is 0 Å². The van der Waals surface area contributed by atoms with E-state index in [9.17, 15) is 19.5 Å². The van der Waals surface area contributed by atoms with Crippen LogP contribution >= 0.6 is 0 Å². The number of amides is 3. The summed E-state index contributed by atoms with van der Waals surface area (Å²) in [5, 5.41) is 15.2. The van der Waals surface area contributed by atoms with Crippen molar-refractivity contribution in [3.8, 4) is 0 Å². The molecule has 0 radical (unpaired) electrons. The maximum atomic E-state index is 13.8. The van der Waals surface area contributed by atoms with Crippen molar-refractivity contribution >= 4 is 34.9 Å². The topological polar surface area (TPSA) is 170 Å². The quantitative estimate of drug-likeness (QED) is 0.287. The van der Waals surface area contributed by atoms with Gasteiger partial charge in [0.1, 0.15) is 24.6 Å². The van der Waals surface area contributed by atoms with Crippen molar-refractivity contribution in [2.24, 2.45) is 0 Å². The minimum atomic E-state index is -1.13. The van der Waals surface area contributed by atoms with Gasteiger partial charge < -0.3 is 29.5 Å². The molecule has 5 heterocycles. The van der Waals surface area contributed by atoms with Crippen LogP contribution in [0, 0.1) is 0 Å². The summed E-state index contributed by atoms with van der Waals surface area (Å²) in [5.41, 5.74) is 2.35. The molecule has 0 saturated carbocycles. The third-order valence-electron chi connectivity index (χ3n) is 8.05. The van der Waals surface area contributed by atoms with Crippen LogP contribution in [0.1, 0.15) is 36.5 Å². The van der Waals surface area contributed by atoms with Gasteiger partial charge in [0, 0.05) is 18.7 Å². The predicted molar refractivity (Wildman–Crippen MR) is 153 cm³/mol. The van der Waals surface area contributed by atoms with E-state index in [1.807, 2.05) is 60.7 Å². The first-order valence-electron chi connectivity index (χ1n) is 14.3. The zero-order valence-electron chi connectivity index (χ0n) is 23.4. The summed E-state index contributed by atoms with van der Waals surface area (Å²) >= 11 is 0. The van der Waals surface area contributed by atoms with Crippen molar-refractivity contribution < 1.29 is 33.7 Å². The van der Waals surface area contributed by atoms with Crippen molar-refractivity contribution in [3.63, 3.8) is 0 Å². The van der Waals surface area contributed by atoms with Gasteiger partial charge in [-0.1, -0.05) is 60.7 Å². The smallest absolute Gasteiger partial charge is 0.326 e. The number of carbonyl (C=O) groups excluding carboxylic acids is 2. The Balaban J connectivity index is 1.16. The lowest BCUT2D eigenvalue weighted by atomic mass is 10.1. The number of carboxylic acid groups (broad SMARTS) is 1. The highest BCUT2D eigenvalue weighted by Gasteiger charge is 2.58. The Hall–Kier alpha value is -4.92. The molecule has 3 aliphatic rings. The van der Waals surface area contributed by atoms with Gasteiger partial charge >= 0.3 is 12.0 Å². The number of hydrogen-bond donors (Lipinski definition) is 3. The molecule has 2 aromatic carbocycles. The van der Waals surface area contributed by atoms with Crippen LogP contribution in [-0.2, 0) is 30.3 Å². The first-order chi connectivity index (χ1) is 21.5. The molecule has 7 rings (SSSR count). The number of urea groups is 1. The Morgan fingerprint density at radius 1 is 0.932 bits per heavy atom. The van der Waals surface area contributed by atoms with E-state index in [1.54, 1.807) is 4.57 Å². The number of likely N-dealkylation sites (tertiary alicyclic amines) is 1. The minimum absolute atomic E-state index is 0.189. The fourth-order valence-electron chi connectivity index (χ4n) is 5.95. The van der Waals surface area contributed by atoms with Gasteiger partial charge in [-0.25, -0.2) is 24.5 Å². The molecular weight excluding hydrogens is 570 g/mol. The van der Waals surface area contributed by atoms with Crippen LogP contribution in [0.2, 0.25) is 0 Å². The van der Waals surface area contributed by atoms with E-state index in [-0.39, 0.29) is 5.82 Å². The zero-order chi connectivity index (χ0) is 30.2. The fourth-order valence-corrected chi connectivity index (χ4v) is 5.95. The summed E-state index contributed by atoms with van der Waals surface area (Å²) in [6.45, 7) is 0.632. The van der Waals surface area contributed by atoms with Crippen molar-refractivity contribution in [3.05, 3.63) is 84.4 Å². The van der Waals surface area contributed by atoms with E-state index in [0.717, 1.165) is 11.1 Å². The third kappa shape index (κ3) is 5.12. The van der Waals surface area contributed by atoms with Gasteiger partial charge in [0.15, 0.2) is 35.6 Å². The third-order valence-corrected chi connectivity index (χ3v) is 8.05. The molecule has 0 spiro atoms. The van der Waals surface area contributed by atoms with Gasteiger partial charge in [-0.15, -0.1) is 0 Å². The molecule has 226 valence electrons. The number of anilines is 1. The standard InChI is InChI=1S/C30H29N7O7/c38-26(36-13-7-12-19(36)28(39)40)22-21-23(44-29(43-21)18-10-5-2-6-11-18)27(42-22)37-16-34-20-24(32-15-33-25(20)37)35-30(41)31-14-17-8-3-1-4-9-17/h1-6,8-11,15-16,19,21-23,27,29H,7,12-14H2,(H,39,40)(H2,31,32,33,35,41). The van der Waals surface area contributed by atoms with Gasteiger partial charge in [-0.3, -0.25) is 14.7 Å². The average molecular weight is 600 g/mol. The van der Waals surface area contributed by atoms with Crippen LogP contribution in [0.5, 0.6) is 0 Å². The number of ether oxygens (including phenoxy) is 3. The number of aromatic nitrogens is 4. The van der Waals surface area contributed by atoms with E-state index in [1.165, 1.54) is 17.6 Å². The highest BCUT2D eigenvalue weighted by molar-refractivity contribution is 5.95. The van der Waals surface area contributed by atoms with Gasteiger partial charge in [-0.2, -0.15) is 0 Å². The number of rotatable bonds is 7. The second kappa shape index (κ2) is 11.6. The first-order valence-corrected chi connectivity index (χ1v) is 14.3. The van der Waals surface area contributed by atoms with Crippen molar-refractivity contribution in [2.75, 3.05) is 11.9 Å². The predicted octanol–water partition coefficient (Wildman–Crippen LogP) is 2.60. The monoisotopic (exact) mass is 599 g/mol. The van der Waals surface area contributed by atoms with E-state index in [2.05, 4.69) is 25.6 Å². The normalized spacial score (nSPS) is 26.0. The van der Waals surface area contributed by atoms with E-state index in [0.29, 0.717) is 37.1 Å². The highest BCUT2D eigenvalue weighted by atomic mass is 16.8. The Bertz CT molecular complexity index is 1690. The number of imidazole rings is 1. The molecule has 3 saturated heterocycles. The van der Waals surface area contributed by atoms with Crippen LogP contribution in [0.25, 0.3) is 11.2 Å². The Morgan fingerprint density at radius 3 is 2.45 bits per heavy atom. The average Bonchev–Trinajstić information content (AvgIpc) is 3.84. The number of nitrogens with one attached hydrogen (secondary N) is 2. The van der Waals surface area contributed by atoms with Crippen molar-refractivity contribution in [1.82, 2.24) is 29.7 Å². The molecular formula is C30H29N7O7. The number of benzene rings is 2. The molecule has 0 aliphatic carbocycles. The lowest BCUT2D eigenvalue weighted by Gasteiger charge is -2.27. The van der Waals surface area contributed by atoms with E-state index < -0.39 is 54.8 Å². The molecule has 3 N–H and O–H groups in total. The highest BCUT2D eigenvalue weighted by Crippen LogP contribution is 2.45. The molecule has 6 unspecified atom stereocenters. The number of nitrogens with zero attached hydrogens (tertiary/aromatic N) is 5. The summed E-state index contributed by atoms with van der Waals surface area (Å²) < 4.78 is 20.5. The summed E-state index contributed by atoms with van der Waals surface area (Å²) in [4.78, 5) is 52.7. The number of hydrogen-bond acceptors (Lipinski definition) is 9. The maximum Gasteiger partial charge on any atom is 0.326 e. The van der Waals surface area contributed by atoms with Gasteiger partial charge in [0.05, 0.1) is 6.33 Å². The van der Waals surface area contributed by atoms with E-state index in [4.69, 9.17) is 14.2 Å². The number of aliphatic carboxylic acids is 1. The Kier molecular flexibility index (Phi) is 7.37. The van der Waals surface area contributed by atoms with Gasteiger partial charge in [-0.05, 0) is 18.4 Å². The van der Waals surface area contributed by atoms with Crippen molar-refractivity contribution in [2.45, 2.75) is 56.3 Å². The van der Waals surface area contributed by atoms with Crippen molar-refractivity contribution in [1.29, 1.82) is 0 Å². The van der Waals surface area contributed by atoms with Crippen LogP contribution in [0.4, 0.5) is 10.6 Å². The molecule has 3 fully saturated rings. The number of carbonyl (C=O) groups is 3. The number of carboxylic acids is 1. The second-order valence-corrected chi connectivity index (χ2v) is 10.8. The molecule has 4 aromatic rings. The molecule has 3 aliphatic heterocycles. The summed E-state index contributed by atoms with van der Waals surface area (Å²) in [7, 11) is 0. The molecule has 6 atom stereocenters. The Labute approximate surface area is 251 Å². The second-order valence-electron chi connectivity index (χ2n) is 10.8. The summed E-state index contributed by atoms with van der Waals surface area (Å²) in [6.07, 6.45) is -0.642. The largest absolute Gasteiger partial charge is 0.480 e. The van der Waals surface area contributed by atoms with Crippen LogP contribution in [-0.4, -0.2) is 78.3 Å². The molecule has 44 heavy (non-hydrogen) atoms. The molecule has 14 heteroatoms. The first kappa shape index (κ1) is 27.9. The summed E-state index contributed by atoms with van der Waals surface area (Å²) in [5.74, 6) is -1.34. The lowest BCUT2D eigenvalue weighted by molar-refractivity contribution is -0.171. The zero-order valence-corrected chi connectivity index (χ0v) is 23.4. The molecule has 14 nitrogen and oxygen atoms in total. The summed E-state index contributed by atoms with van der Waals surface area (Å²) in [6, 6.07) is 17.4. The van der Waals surface area contributed by atoms with Crippen LogP contribution in [0.15, 0.2) is 73.3 Å². The lowest BCUT2D eigenvalue weighted by Crippen LogP contribution is -2.49.